The van der Waals surface area contributed by atoms with Crippen molar-refractivity contribution in [2.45, 2.75) is 25.3 Å². The number of hydrogen-bond donors (Lipinski definition) is 2. The Hall–Kier alpha value is -1.52. The summed E-state index contributed by atoms with van der Waals surface area (Å²) in [4.78, 5) is 8.58. The van der Waals surface area contributed by atoms with E-state index in [0.717, 1.165) is 45.4 Å². The van der Waals surface area contributed by atoms with E-state index >= 15 is 0 Å². The molecule has 0 bridgehead atoms. The number of hydrogen-bond acceptors (Lipinski definition) is 3. The first-order valence-corrected chi connectivity index (χ1v) is 8.05. The molecule has 1 aromatic heterocycles. The van der Waals surface area contributed by atoms with E-state index in [1.54, 1.807) is 0 Å². The van der Waals surface area contributed by atoms with Crippen LogP contribution in [0.25, 0.3) is 10.9 Å². The maximum Gasteiger partial charge on any atom is 0.0477 e. The van der Waals surface area contributed by atoms with Crippen molar-refractivity contribution < 1.29 is 5.11 Å². The normalized spacial score (nSPS) is 21.8. The molecule has 21 heavy (non-hydrogen) atoms. The van der Waals surface area contributed by atoms with Crippen LogP contribution in [0.2, 0.25) is 0 Å². The van der Waals surface area contributed by atoms with Gasteiger partial charge in [0.2, 0.25) is 0 Å². The molecule has 4 rings (SSSR count). The molecule has 2 aliphatic rings. The molecule has 1 atom stereocenters. The minimum atomic E-state index is 0.318. The molecule has 2 aliphatic heterocycles. The molecule has 0 saturated carbocycles. The number of nitrogens with zero attached hydrogens (tertiary/aromatic N) is 2. The zero-order valence-electron chi connectivity index (χ0n) is 12.4. The third-order valence-electron chi connectivity index (χ3n) is 4.98. The molecular weight excluding hydrogens is 262 g/mol. The molecule has 3 heterocycles. The number of H-pyrrole nitrogens is 1. The lowest BCUT2D eigenvalue weighted by molar-refractivity contribution is 0.206. The number of aliphatic hydroxyl groups excluding tert-OH is 1. The standard InChI is InChI=1S/C17H23N3O/c21-9-2-1-6-19-7-8-20-14(12-19)10-13-11-18-15-4-3-5-16(20)17(13)15/h3-5,11,14,18,21H,1-2,6-10,12H2. The van der Waals surface area contributed by atoms with Gasteiger partial charge in [0.05, 0.1) is 0 Å². The van der Waals surface area contributed by atoms with Crippen molar-refractivity contribution in [2.75, 3.05) is 37.7 Å². The van der Waals surface area contributed by atoms with Gasteiger partial charge in [-0.15, -0.1) is 0 Å². The van der Waals surface area contributed by atoms with Crippen LogP contribution in [0.3, 0.4) is 0 Å². The van der Waals surface area contributed by atoms with Crippen molar-refractivity contribution in [1.29, 1.82) is 0 Å². The molecule has 1 aromatic carbocycles. The Morgan fingerprint density at radius 2 is 2.19 bits per heavy atom. The molecule has 4 nitrogen and oxygen atoms in total. The zero-order chi connectivity index (χ0) is 14.2. The molecule has 2 N–H and O–H groups in total. The number of unbranched alkanes of at least 4 members (excludes halogenated alkanes) is 1. The molecule has 0 spiro atoms. The Kier molecular flexibility index (Phi) is 3.36. The number of nitrogens with one attached hydrogen (secondary N) is 1. The van der Waals surface area contributed by atoms with Gasteiger partial charge in [-0.1, -0.05) is 6.07 Å². The molecule has 0 aliphatic carbocycles. The Morgan fingerprint density at radius 1 is 1.24 bits per heavy atom. The number of rotatable bonds is 4. The van der Waals surface area contributed by atoms with Crippen molar-refractivity contribution in [2.24, 2.45) is 0 Å². The fourth-order valence-electron chi connectivity index (χ4n) is 3.95. The summed E-state index contributed by atoms with van der Waals surface area (Å²) < 4.78 is 0. The van der Waals surface area contributed by atoms with Gasteiger partial charge in [-0.3, -0.25) is 4.90 Å². The zero-order valence-corrected chi connectivity index (χ0v) is 12.4. The molecule has 4 heteroatoms. The first-order chi connectivity index (χ1) is 10.4. The van der Waals surface area contributed by atoms with E-state index in [1.165, 1.54) is 22.2 Å². The van der Waals surface area contributed by atoms with Crippen molar-refractivity contribution in [3.63, 3.8) is 0 Å². The van der Waals surface area contributed by atoms with Crippen molar-refractivity contribution in [3.05, 3.63) is 30.0 Å². The molecule has 112 valence electrons. The number of aliphatic hydroxyl groups is 1. The van der Waals surface area contributed by atoms with Gasteiger partial charge < -0.3 is 15.0 Å². The quantitative estimate of drug-likeness (QED) is 0.844. The lowest BCUT2D eigenvalue weighted by Crippen LogP contribution is -2.55. The van der Waals surface area contributed by atoms with Crippen LogP contribution in [0.1, 0.15) is 18.4 Å². The lowest BCUT2D eigenvalue weighted by atomic mass is 9.94. The minimum Gasteiger partial charge on any atom is -0.396 e. The van der Waals surface area contributed by atoms with E-state index in [-0.39, 0.29) is 0 Å². The summed E-state index contributed by atoms with van der Waals surface area (Å²) in [6.07, 6.45) is 5.37. The number of aromatic nitrogens is 1. The van der Waals surface area contributed by atoms with Crippen LogP contribution in [0.5, 0.6) is 0 Å². The van der Waals surface area contributed by atoms with Gasteiger partial charge in [-0.2, -0.15) is 0 Å². The van der Waals surface area contributed by atoms with Crippen LogP contribution in [-0.2, 0) is 6.42 Å². The summed E-state index contributed by atoms with van der Waals surface area (Å²) in [6, 6.07) is 7.21. The van der Waals surface area contributed by atoms with Crippen LogP contribution >= 0.6 is 0 Å². The predicted molar refractivity (Wildman–Crippen MR) is 85.9 cm³/mol. The Morgan fingerprint density at radius 3 is 3.10 bits per heavy atom. The van der Waals surface area contributed by atoms with Gasteiger partial charge in [0.25, 0.3) is 0 Å². The van der Waals surface area contributed by atoms with Crippen LogP contribution < -0.4 is 4.90 Å². The van der Waals surface area contributed by atoms with Crippen molar-refractivity contribution in [3.8, 4) is 0 Å². The molecule has 2 aromatic rings. The topological polar surface area (TPSA) is 42.5 Å². The maximum atomic E-state index is 8.92. The molecule has 0 amide bonds. The second-order valence-corrected chi connectivity index (χ2v) is 6.30. The highest BCUT2D eigenvalue weighted by Crippen LogP contribution is 2.37. The summed E-state index contributed by atoms with van der Waals surface area (Å²) in [7, 11) is 0. The molecule has 1 saturated heterocycles. The van der Waals surface area contributed by atoms with Crippen LogP contribution in [0, 0.1) is 0 Å². The van der Waals surface area contributed by atoms with E-state index in [4.69, 9.17) is 5.11 Å². The van der Waals surface area contributed by atoms with Crippen molar-refractivity contribution >= 4 is 16.6 Å². The van der Waals surface area contributed by atoms with Crippen LogP contribution in [0.4, 0.5) is 5.69 Å². The molecule has 1 fully saturated rings. The van der Waals surface area contributed by atoms with Gasteiger partial charge in [0.1, 0.15) is 0 Å². The van der Waals surface area contributed by atoms with Gasteiger partial charge in [0.15, 0.2) is 0 Å². The fraction of sp³-hybridized carbons (Fsp3) is 0.529. The summed E-state index contributed by atoms with van der Waals surface area (Å²) in [5, 5.41) is 10.4. The highest BCUT2D eigenvalue weighted by atomic mass is 16.2. The summed E-state index contributed by atoms with van der Waals surface area (Å²) >= 11 is 0. The highest BCUT2D eigenvalue weighted by molar-refractivity contribution is 5.96. The van der Waals surface area contributed by atoms with Gasteiger partial charge >= 0.3 is 0 Å². The monoisotopic (exact) mass is 285 g/mol. The summed E-state index contributed by atoms with van der Waals surface area (Å²) in [5.74, 6) is 0. The maximum absolute atomic E-state index is 8.92. The number of aromatic amines is 1. The predicted octanol–water partition coefficient (Wildman–Crippen LogP) is 1.99. The first kappa shape index (κ1) is 13.2. The minimum absolute atomic E-state index is 0.318. The van der Waals surface area contributed by atoms with E-state index in [1.807, 2.05) is 0 Å². The first-order valence-electron chi connectivity index (χ1n) is 8.05. The summed E-state index contributed by atoms with van der Waals surface area (Å²) in [6.45, 7) is 4.84. The Balaban J connectivity index is 1.55. The highest BCUT2D eigenvalue weighted by Gasteiger charge is 2.32. The number of piperazine rings is 1. The third-order valence-corrected chi connectivity index (χ3v) is 4.98. The third kappa shape index (κ3) is 2.23. The summed E-state index contributed by atoms with van der Waals surface area (Å²) in [5.41, 5.74) is 4.15. The lowest BCUT2D eigenvalue weighted by Gasteiger charge is -2.45. The largest absolute Gasteiger partial charge is 0.396 e. The Labute approximate surface area is 125 Å². The van der Waals surface area contributed by atoms with Crippen LogP contribution in [-0.4, -0.2) is 53.8 Å². The second-order valence-electron chi connectivity index (χ2n) is 6.30. The smallest absolute Gasteiger partial charge is 0.0477 e. The average molecular weight is 285 g/mol. The van der Waals surface area contributed by atoms with Crippen molar-refractivity contribution in [1.82, 2.24) is 9.88 Å². The number of fused-ring (bicyclic) bond motifs is 2. The molecule has 1 unspecified atom stereocenters. The van der Waals surface area contributed by atoms with Gasteiger partial charge in [-0.25, -0.2) is 0 Å². The molecule has 0 radical (unpaired) electrons. The second kappa shape index (κ2) is 5.35. The fourth-order valence-corrected chi connectivity index (χ4v) is 3.95. The van der Waals surface area contributed by atoms with Gasteiger partial charge in [0, 0.05) is 55.1 Å². The van der Waals surface area contributed by atoms with E-state index < -0.39 is 0 Å². The van der Waals surface area contributed by atoms with E-state index in [9.17, 15) is 0 Å². The number of anilines is 1. The van der Waals surface area contributed by atoms with E-state index in [2.05, 4.69) is 39.2 Å². The van der Waals surface area contributed by atoms with Gasteiger partial charge in [-0.05, 0) is 43.5 Å². The number of benzene rings is 1. The molecular formula is C17H23N3O. The van der Waals surface area contributed by atoms with Crippen LogP contribution in [0.15, 0.2) is 24.4 Å². The Bertz CT molecular complexity index is 636. The van der Waals surface area contributed by atoms with E-state index in [0.29, 0.717) is 12.6 Å². The SMILES string of the molecule is OCCCCN1CCN2c3cccc4[nH]cc(c34)CC2C1. The average Bonchev–Trinajstić information content (AvgIpc) is 2.92.